The first-order chi connectivity index (χ1) is 12.6. The number of sulfonamides is 1. The number of hydrogen-bond acceptors (Lipinski definition) is 5. The van der Waals surface area contributed by atoms with Gasteiger partial charge in [-0.1, -0.05) is 17.7 Å². The van der Waals surface area contributed by atoms with Crippen molar-refractivity contribution in [2.24, 2.45) is 0 Å². The summed E-state index contributed by atoms with van der Waals surface area (Å²) in [5.41, 5.74) is 0.560. The van der Waals surface area contributed by atoms with Gasteiger partial charge in [0.1, 0.15) is 0 Å². The number of halogens is 1. The van der Waals surface area contributed by atoms with Crippen LogP contribution in [0.15, 0.2) is 36.4 Å². The lowest BCUT2D eigenvalue weighted by atomic mass is 10.3. The van der Waals surface area contributed by atoms with Crippen LogP contribution in [0, 0.1) is 0 Å². The molecule has 2 N–H and O–H groups in total. The lowest BCUT2D eigenvalue weighted by Crippen LogP contribution is -2.34. The first kappa shape index (κ1) is 21.4. The van der Waals surface area contributed by atoms with Gasteiger partial charge in [0.25, 0.3) is 5.91 Å². The fraction of sp³-hybridized carbons (Fsp3) is 0.294. The summed E-state index contributed by atoms with van der Waals surface area (Å²) in [6, 6.07) is 10.2. The van der Waals surface area contributed by atoms with Gasteiger partial charge in [0.2, 0.25) is 15.9 Å². The molecule has 1 heterocycles. The van der Waals surface area contributed by atoms with Gasteiger partial charge in [-0.25, -0.2) is 13.1 Å². The van der Waals surface area contributed by atoms with Gasteiger partial charge < -0.3 is 10.2 Å². The maximum atomic E-state index is 12.5. The Balaban J connectivity index is 1.88. The Labute approximate surface area is 167 Å². The number of hydrogen-bond donors (Lipinski definition) is 2. The lowest BCUT2D eigenvalue weighted by molar-refractivity contribution is -0.116. The molecule has 146 valence electrons. The summed E-state index contributed by atoms with van der Waals surface area (Å²) in [4.78, 5) is 27.3. The van der Waals surface area contributed by atoms with Crippen molar-refractivity contribution in [3.05, 3.63) is 51.2 Å². The number of likely N-dealkylation sites (N-methyl/N-ethyl adjacent to an activating group) is 1. The van der Waals surface area contributed by atoms with Crippen molar-refractivity contribution < 1.29 is 18.0 Å². The summed E-state index contributed by atoms with van der Waals surface area (Å²) in [5.74, 6) is -0.606. The standard InChI is InChI=1S/C17H20ClN3O4S2/c1-21(11-16(22)20-13-5-3-4-12(18)10-13)17(23)15-7-6-14(26-15)8-9-19-27(2,24)25/h3-7,10,19H,8-9,11H2,1-2H3,(H,20,22). The molecule has 10 heteroatoms. The maximum absolute atomic E-state index is 12.5. The maximum Gasteiger partial charge on any atom is 0.264 e. The molecule has 0 fully saturated rings. The summed E-state index contributed by atoms with van der Waals surface area (Å²) in [6.07, 6.45) is 1.59. The topological polar surface area (TPSA) is 95.6 Å². The minimum Gasteiger partial charge on any atom is -0.332 e. The Morgan fingerprint density at radius 3 is 2.63 bits per heavy atom. The first-order valence-electron chi connectivity index (χ1n) is 7.98. The Bertz CT molecular complexity index is 928. The van der Waals surface area contributed by atoms with Crippen molar-refractivity contribution >= 4 is 50.5 Å². The SMILES string of the molecule is CN(CC(=O)Nc1cccc(Cl)c1)C(=O)c1ccc(CCNS(C)(=O)=O)s1. The minimum atomic E-state index is -3.23. The third kappa shape index (κ3) is 7.30. The van der Waals surface area contributed by atoms with Gasteiger partial charge in [-0.2, -0.15) is 0 Å². The van der Waals surface area contributed by atoms with Crippen LogP contribution in [0.5, 0.6) is 0 Å². The molecule has 2 aromatic rings. The highest BCUT2D eigenvalue weighted by Crippen LogP contribution is 2.19. The molecule has 2 rings (SSSR count). The number of anilines is 1. The van der Waals surface area contributed by atoms with Gasteiger partial charge in [0, 0.05) is 29.2 Å². The Hall–Kier alpha value is -1.94. The quantitative estimate of drug-likeness (QED) is 0.672. The average molecular weight is 430 g/mol. The van der Waals surface area contributed by atoms with E-state index in [-0.39, 0.29) is 24.9 Å². The number of carbonyl (C=O) groups is 2. The molecule has 0 unspecified atom stereocenters. The molecule has 0 aliphatic heterocycles. The molecule has 0 saturated heterocycles. The van der Waals surface area contributed by atoms with Crippen LogP contribution in [0.2, 0.25) is 5.02 Å². The second-order valence-corrected chi connectivity index (χ2v) is 9.34. The van der Waals surface area contributed by atoms with E-state index in [0.29, 0.717) is 22.0 Å². The number of nitrogens with zero attached hydrogens (tertiary/aromatic N) is 1. The van der Waals surface area contributed by atoms with E-state index in [1.807, 2.05) is 0 Å². The van der Waals surface area contributed by atoms with Crippen LogP contribution in [-0.4, -0.2) is 51.5 Å². The fourth-order valence-corrected chi connectivity index (χ4v) is 3.89. The average Bonchev–Trinajstić information content (AvgIpc) is 3.01. The zero-order chi connectivity index (χ0) is 20.0. The molecule has 7 nitrogen and oxygen atoms in total. The summed E-state index contributed by atoms with van der Waals surface area (Å²) in [7, 11) is -1.69. The van der Waals surface area contributed by atoms with Crippen LogP contribution in [0.3, 0.4) is 0 Å². The van der Waals surface area contributed by atoms with E-state index < -0.39 is 10.0 Å². The highest BCUT2D eigenvalue weighted by Gasteiger charge is 2.17. The molecule has 0 aliphatic rings. The van der Waals surface area contributed by atoms with E-state index in [1.54, 1.807) is 43.4 Å². The number of rotatable bonds is 8. The molecule has 0 saturated carbocycles. The van der Waals surface area contributed by atoms with Crippen LogP contribution < -0.4 is 10.0 Å². The third-order valence-corrected chi connectivity index (χ3v) is 5.54. The minimum absolute atomic E-state index is 0.103. The van der Waals surface area contributed by atoms with Gasteiger partial charge >= 0.3 is 0 Å². The molecule has 0 aliphatic carbocycles. The zero-order valence-electron chi connectivity index (χ0n) is 14.9. The number of nitrogens with one attached hydrogen (secondary N) is 2. The van der Waals surface area contributed by atoms with E-state index in [1.165, 1.54) is 16.2 Å². The molecule has 27 heavy (non-hydrogen) atoms. The molecule has 0 atom stereocenters. The van der Waals surface area contributed by atoms with Gasteiger partial charge in [0.05, 0.1) is 17.7 Å². The Morgan fingerprint density at radius 2 is 1.96 bits per heavy atom. The highest BCUT2D eigenvalue weighted by atomic mass is 35.5. The van der Waals surface area contributed by atoms with E-state index in [0.717, 1.165) is 11.1 Å². The largest absolute Gasteiger partial charge is 0.332 e. The summed E-state index contributed by atoms with van der Waals surface area (Å²) >= 11 is 7.15. The van der Waals surface area contributed by atoms with Crippen molar-refractivity contribution in [1.82, 2.24) is 9.62 Å². The lowest BCUT2D eigenvalue weighted by Gasteiger charge is -2.16. The molecule has 2 amide bonds. The van der Waals surface area contributed by atoms with Gasteiger partial charge in [-0.15, -0.1) is 11.3 Å². The van der Waals surface area contributed by atoms with Crippen LogP contribution in [-0.2, 0) is 21.2 Å². The molecular formula is C17H20ClN3O4S2. The van der Waals surface area contributed by atoms with Crippen molar-refractivity contribution in [2.75, 3.05) is 31.7 Å². The van der Waals surface area contributed by atoms with Crippen molar-refractivity contribution in [2.45, 2.75) is 6.42 Å². The van der Waals surface area contributed by atoms with Crippen LogP contribution in [0.4, 0.5) is 5.69 Å². The van der Waals surface area contributed by atoms with Crippen molar-refractivity contribution in [3.8, 4) is 0 Å². The smallest absolute Gasteiger partial charge is 0.264 e. The third-order valence-electron chi connectivity index (χ3n) is 3.44. The van der Waals surface area contributed by atoms with Crippen molar-refractivity contribution in [3.63, 3.8) is 0 Å². The van der Waals surface area contributed by atoms with E-state index in [2.05, 4.69) is 10.0 Å². The van der Waals surface area contributed by atoms with Gasteiger partial charge in [-0.3, -0.25) is 9.59 Å². The number of carbonyl (C=O) groups excluding carboxylic acids is 2. The normalized spacial score (nSPS) is 11.2. The Morgan fingerprint density at radius 1 is 1.22 bits per heavy atom. The fourth-order valence-electron chi connectivity index (χ4n) is 2.23. The van der Waals surface area contributed by atoms with Crippen molar-refractivity contribution in [1.29, 1.82) is 0 Å². The van der Waals surface area contributed by atoms with E-state index in [4.69, 9.17) is 11.6 Å². The van der Waals surface area contributed by atoms with Crippen LogP contribution in [0.25, 0.3) is 0 Å². The molecule has 0 radical (unpaired) electrons. The molecular weight excluding hydrogens is 410 g/mol. The van der Waals surface area contributed by atoms with Gasteiger partial charge in [-0.05, 0) is 36.8 Å². The monoisotopic (exact) mass is 429 g/mol. The highest BCUT2D eigenvalue weighted by molar-refractivity contribution is 7.88. The van der Waals surface area contributed by atoms with E-state index in [9.17, 15) is 18.0 Å². The number of thiophene rings is 1. The zero-order valence-corrected chi connectivity index (χ0v) is 17.2. The van der Waals surface area contributed by atoms with Crippen LogP contribution in [0.1, 0.15) is 14.5 Å². The summed E-state index contributed by atoms with van der Waals surface area (Å²) < 4.78 is 24.5. The molecule has 1 aromatic carbocycles. The molecule has 0 spiro atoms. The second kappa shape index (κ2) is 9.32. The molecule has 1 aromatic heterocycles. The van der Waals surface area contributed by atoms with E-state index >= 15 is 0 Å². The summed E-state index contributed by atoms with van der Waals surface area (Å²) in [6.45, 7) is 0.166. The Kier molecular flexibility index (Phi) is 7.37. The predicted octanol–water partition coefficient (Wildman–Crippen LogP) is 2.20. The number of benzene rings is 1. The predicted molar refractivity (Wildman–Crippen MR) is 108 cm³/mol. The second-order valence-electron chi connectivity index (χ2n) is 5.90. The first-order valence-corrected chi connectivity index (χ1v) is 11.1. The summed E-state index contributed by atoms with van der Waals surface area (Å²) in [5, 5.41) is 3.20. The number of amides is 2. The van der Waals surface area contributed by atoms with Crippen LogP contribution >= 0.6 is 22.9 Å². The molecule has 0 bridgehead atoms. The van der Waals surface area contributed by atoms with Gasteiger partial charge in [0.15, 0.2) is 0 Å².